The molecule has 0 spiro atoms. The van der Waals surface area contributed by atoms with Crippen LogP contribution in [0.1, 0.15) is 19.8 Å². The number of anilines is 1. The van der Waals surface area contributed by atoms with Crippen LogP contribution in [0.4, 0.5) is 5.69 Å². The largest absolute Gasteiger partial charge is 0.385 e. The highest BCUT2D eigenvalue weighted by molar-refractivity contribution is 5.67. The van der Waals surface area contributed by atoms with Crippen molar-refractivity contribution >= 4 is 5.69 Å². The Balaban J connectivity index is 2.12. The molecule has 0 aliphatic heterocycles. The third-order valence-corrected chi connectivity index (χ3v) is 2.74. The quantitative estimate of drug-likeness (QED) is 0.780. The zero-order valence-corrected chi connectivity index (χ0v) is 10.2. The SMILES string of the molecule is CCCCNc1cccc(-c2ccncc2)c1. The van der Waals surface area contributed by atoms with Gasteiger partial charge in [0.2, 0.25) is 0 Å². The van der Waals surface area contributed by atoms with Gasteiger partial charge >= 0.3 is 0 Å². The first-order valence-electron chi connectivity index (χ1n) is 6.14. The maximum atomic E-state index is 4.04. The van der Waals surface area contributed by atoms with Crippen molar-refractivity contribution in [1.82, 2.24) is 4.98 Å². The van der Waals surface area contributed by atoms with Gasteiger partial charge in [-0.1, -0.05) is 25.5 Å². The van der Waals surface area contributed by atoms with Crippen LogP contribution in [0.2, 0.25) is 0 Å². The molecular formula is C15H18N2. The minimum absolute atomic E-state index is 1.04. The summed E-state index contributed by atoms with van der Waals surface area (Å²) < 4.78 is 0. The van der Waals surface area contributed by atoms with Crippen LogP contribution in [0.15, 0.2) is 48.8 Å². The van der Waals surface area contributed by atoms with Crippen LogP contribution < -0.4 is 5.32 Å². The van der Waals surface area contributed by atoms with E-state index in [-0.39, 0.29) is 0 Å². The minimum Gasteiger partial charge on any atom is -0.385 e. The van der Waals surface area contributed by atoms with E-state index in [1.807, 2.05) is 24.5 Å². The topological polar surface area (TPSA) is 24.9 Å². The summed E-state index contributed by atoms with van der Waals surface area (Å²) in [5.41, 5.74) is 3.63. The number of hydrogen-bond donors (Lipinski definition) is 1. The second-order valence-electron chi connectivity index (χ2n) is 4.10. The Morgan fingerprint density at radius 3 is 2.65 bits per heavy atom. The molecule has 0 radical (unpaired) electrons. The van der Waals surface area contributed by atoms with Crippen LogP contribution in [-0.2, 0) is 0 Å². The highest BCUT2D eigenvalue weighted by Crippen LogP contribution is 2.21. The van der Waals surface area contributed by atoms with Gasteiger partial charge in [-0.3, -0.25) is 4.98 Å². The fraction of sp³-hybridized carbons (Fsp3) is 0.267. The molecule has 0 aliphatic rings. The molecule has 1 aromatic heterocycles. The van der Waals surface area contributed by atoms with Crippen molar-refractivity contribution in [2.75, 3.05) is 11.9 Å². The van der Waals surface area contributed by atoms with Gasteiger partial charge in [-0.15, -0.1) is 0 Å². The summed E-state index contributed by atoms with van der Waals surface area (Å²) in [6.07, 6.45) is 6.08. The van der Waals surface area contributed by atoms with E-state index in [9.17, 15) is 0 Å². The average Bonchev–Trinajstić information content (AvgIpc) is 2.41. The maximum Gasteiger partial charge on any atom is 0.0346 e. The molecule has 2 rings (SSSR count). The van der Waals surface area contributed by atoms with Crippen LogP contribution >= 0.6 is 0 Å². The molecule has 2 nitrogen and oxygen atoms in total. The van der Waals surface area contributed by atoms with Gasteiger partial charge < -0.3 is 5.32 Å². The molecule has 0 amide bonds. The van der Waals surface area contributed by atoms with Gasteiger partial charge in [0.15, 0.2) is 0 Å². The third-order valence-electron chi connectivity index (χ3n) is 2.74. The Morgan fingerprint density at radius 2 is 1.88 bits per heavy atom. The lowest BCUT2D eigenvalue weighted by Crippen LogP contribution is -2.00. The predicted octanol–water partition coefficient (Wildman–Crippen LogP) is 3.96. The molecule has 0 bridgehead atoms. The van der Waals surface area contributed by atoms with Gasteiger partial charge in [0.1, 0.15) is 0 Å². The molecule has 0 saturated heterocycles. The van der Waals surface area contributed by atoms with Gasteiger partial charge in [-0.25, -0.2) is 0 Å². The van der Waals surface area contributed by atoms with Gasteiger partial charge in [-0.05, 0) is 41.8 Å². The molecule has 0 unspecified atom stereocenters. The number of nitrogens with one attached hydrogen (secondary N) is 1. The number of aromatic nitrogens is 1. The van der Waals surface area contributed by atoms with Crippen LogP contribution in [-0.4, -0.2) is 11.5 Å². The third kappa shape index (κ3) is 3.31. The standard InChI is InChI=1S/C15H18N2/c1-2-3-9-17-15-6-4-5-14(12-15)13-7-10-16-11-8-13/h4-8,10-12,17H,2-3,9H2,1H3. The summed E-state index contributed by atoms with van der Waals surface area (Å²) in [7, 11) is 0. The smallest absolute Gasteiger partial charge is 0.0346 e. The molecule has 17 heavy (non-hydrogen) atoms. The Hall–Kier alpha value is -1.83. The van der Waals surface area contributed by atoms with Crippen LogP contribution in [0.3, 0.4) is 0 Å². The lowest BCUT2D eigenvalue weighted by atomic mass is 10.1. The summed E-state index contributed by atoms with van der Waals surface area (Å²) in [4.78, 5) is 4.04. The highest BCUT2D eigenvalue weighted by Gasteiger charge is 1.98. The van der Waals surface area contributed by atoms with Crippen LogP contribution in [0.5, 0.6) is 0 Å². The first-order valence-corrected chi connectivity index (χ1v) is 6.14. The van der Waals surface area contributed by atoms with Gasteiger partial charge in [0, 0.05) is 24.6 Å². The van der Waals surface area contributed by atoms with E-state index in [2.05, 4.69) is 41.5 Å². The number of pyridine rings is 1. The summed E-state index contributed by atoms with van der Waals surface area (Å²) in [5.74, 6) is 0. The van der Waals surface area contributed by atoms with Crippen molar-refractivity contribution in [2.24, 2.45) is 0 Å². The van der Waals surface area contributed by atoms with Gasteiger partial charge in [0.05, 0.1) is 0 Å². The molecule has 0 saturated carbocycles. The van der Waals surface area contributed by atoms with E-state index in [4.69, 9.17) is 0 Å². The van der Waals surface area contributed by atoms with Crippen molar-refractivity contribution in [3.63, 3.8) is 0 Å². The van der Waals surface area contributed by atoms with Crippen molar-refractivity contribution in [3.8, 4) is 11.1 Å². The first kappa shape index (κ1) is 11.6. The second kappa shape index (κ2) is 6.04. The zero-order chi connectivity index (χ0) is 11.9. The molecule has 1 heterocycles. The fourth-order valence-electron chi connectivity index (χ4n) is 1.76. The van der Waals surface area contributed by atoms with E-state index >= 15 is 0 Å². The van der Waals surface area contributed by atoms with Crippen LogP contribution in [0.25, 0.3) is 11.1 Å². The van der Waals surface area contributed by atoms with E-state index in [0.717, 1.165) is 6.54 Å². The molecule has 2 aromatic rings. The predicted molar refractivity (Wildman–Crippen MR) is 73.1 cm³/mol. The van der Waals surface area contributed by atoms with Crippen molar-refractivity contribution in [1.29, 1.82) is 0 Å². The average molecular weight is 226 g/mol. The first-order chi connectivity index (χ1) is 8.40. The monoisotopic (exact) mass is 226 g/mol. The van der Waals surface area contributed by atoms with Crippen LogP contribution in [0, 0.1) is 0 Å². The molecule has 0 aliphatic carbocycles. The molecular weight excluding hydrogens is 208 g/mol. The number of hydrogen-bond acceptors (Lipinski definition) is 2. The number of unbranched alkanes of at least 4 members (excludes halogenated alkanes) is 1. The molecule has 0 atom stereocenters. The molecule has 1 N–H and O–H groups in total. The Kier molecular flexibility index (Phi) is 4.14. The maximum absolute atomic E-state index is 4.04. The van der Waals surface area contributed by atoms with Gasteiger partial charge in [-0.2, -0.15) is 0 Å². The lowest BCUT2D eigenvalue weighted by molar-refractivity contribution is 0.834. The summed E-state index contributed by atoms with van der Waals surface area (Å²) in [5, 5.41) is 3.44. The molecule has 1 aromatic carbocycles. The van der Waals surface area contributed by atoms with E-state index < -0.39 is 0 Å². The van der Waals surface area contributed by atoms with Crippen molar-refractivity contribution < 1.29 is 0 Å². The van der Waals surface area contributed by atoms with Crippen molar-refractivity contribution in [3.05, 3.63) is 48.8 Å². The normalized spacial score (nSPS) is 10.2. The Labute approximate surface area is 103 Å². The fourth-order valence-corrected chi connectivity index (χ4v) is 1.76. The second-order valence-corrected chi connectivity index (χ2v) is 4.10. The van der Waals surface area contributed by atoms with E-state index in [0.29, 0.717) is 0 Å². The summed E-state index contributed by atoms with van der Waals surface area (Å²) >= 11 is 0. The minimum atomic E-state index is 1.04. The van der Waals surface area contributed by atoms with Crippen molar-refractivity contribution in [2.45, 2.75) is 19.8 Å². The summed E-state index contributed by atoms with van der Waals surface area (Å²) in [6, 6.07) is 12.6. The number of rotatable bonds is 5. The number of benzene rings is 1. The molecule has 2 heteroatoms. The number of nitrogens with zero attached hydrogens (tertiary/aromatic N) is 1. The van der Waals surface area contributed by atoms with E-state index in [1.54, 1.807) is 0 Å². The lowest BCUT2D eigenvalue weighted by Gasteiger charge is -2.07. The van der Waals surface area contributed by atoms with Gasteiger partial charge in [0.25, 0.3) is 0 Å². The Morgan fingerprint density at radius 1 is 1.06 bits per heavy atom. The molecule has 0 fully saturated rings. The summed E-state index contributed by atoms with van der Waals surface area (Å²) in [6.45, 7) is 3.24. The Bertz CT molecular complexity index is 451. The molecule has 88 valence electrons. The highest BCUT2D eigenvalue weighted by atomic mass is 14.9. The zero-order valence-electron chi connectivity index (χ0n) is 10.2. The van der Waals surface area contributed by atoms with E-state index in [1.165, 1.54) is 29.7 Å².